The summed E-state index contributed by atoms with van der Waals surface area (Å²) in [6.07, 6.45) is 0.735. The molecule has 0 amide bonds. The first-order chi connectivity index (χ1) is 14.6. The van der Waals surface area contributed by atoms with Crippen LogP contribution in [0.4, 0.5) is 0 Å². The molecule has 0 fully saturated rings. The third-order valence-electron chi connectivity index (χ3n) is 5.44. The van der Waals surface area contributed by atoms with Crippen LogP contribution in [0.15, 0.2) is 72.8 Å². The molecule has 0 aliphatic rings. The van der Waals surface area contributed by atoms with Crippen LogP contribution in [0.2, 0.25) is 0 Å². The number of fused-ring (bicyclic) bond motifs is 1. The zero-order chi connectivity index (χ0) is 20.9. The predicted octanol–water partition coefficient (Wildman–Crippen LogP) is 6.26. The minimum Gasteiger partial charge on any atom is -0.493 e. The Bertz CT molecular complexity index is 1120. The van der Waals surface area contributed by atoms with Gasteiger partial charge in [-0.15, -0.1) is 0 Å². The van der Waals surface area contributed by atoms with Crippen molar-refractivity contribution in [2.24, 2.45) is 0 Å². The molecule has 0 radical (unpaired) electrons. The molecule has 0 aliphatic heterocycles. The number of nitrogens with zero attached hydrogens (tertiary/aromatic N) is 2. The summed E-state index contributed by atoms with van der Waals surface area (Å²) in [5.41, 5.74) is 4.58. The van der Waals surface area contributed by atoms with Crippen molar-refractivity contribution in [3.8, 4) is 11.5 Å². The van der Waals surface area contributed by atoms with Crippen molar-refractivity contribution in [3.63, 3.8) is 0 Å². The molecule has 4 rings (SSSR count). The van der Waals surface area contributed by atoms with Crippen molar-refractivity contribution < 1.29 is 9.47 Å². The van der Waals surface area contributed by atoms with Gasteiger partial charge in [0.05, 0.1) is 17.6 Å². The Morgan fingerprint density at radius 3 is 2.50 bits per heavy atom. The summed E-state index contributed by atoms with van der Waals surface area (Å²) in [6.45, 7) is 7.75. The van der Waals surface area contributed by atoms with Crippen molar-refractivity contribution in [1.82, 2.24) is 9.55 Å². The number of para-hydroxylation sites is 3. The van der Waals surface area contributed by atoms with E-state index >= 15 is 0 Å². The van der Waals surface area contributed by atoms with E-state index in [0.717, 1.165) is 41.3 Å². The van der Waals surface area contributed by atoms with Gasteiger partial charge in [0.25, 0.3) is 0 Å². The second kappa shape index (κ2) is 9.04. The van der Waals surface area contributed by atoms with Crippen molar-refractivity contribution in [2.45, 2.75) is 39.8 Å². The highest BCUT2D eigenvalue weighted by molar-refractivity contribution is 5.76. The van der Waals surface area contributed by atoms with Gasteiger partial charge in [0.15, 0.2) is 11.9 Å². The van der Waals surface area contributed by atoms with Crippen molar-refractivity contribution in [3.05, 3.63) is 89.7 Å². The molecule has 3 aromatic carbocycles. The normalized spacial score (nSPS) is 12.1. The predicted molar refractivity (Wildman–Crippen MR) is 121 cm³/mol. The van der Waals surface area contributed by atoms with E-state index in [9.17, 15) is 0 Å². The molecular formula is C26H28N2O2. The zero-order valence-electron chi connectivity index (χ0n) is 17.8. The first kappa shape index (κ1) is 20.0. The smallest absolute Gasteiger partial charge is 0.153 e. The van der Waals surface area contributed by atoms with Gasteiger partial charge in [0, 0.05) is 6.54 Å². The molecule has 1 atom stereocenters. The van der Waals surface area contributed by atoms with Gasteiger partial charge in [0.2, 0.25) is 0 Å². The van der Waals surface area contributed by atoms with Crippen molar-refractivity contribution in [1.29, 1.82) is 0 Å². The third kappa shape index (κ3) is 4.33. The standard InChI is InChI=1S/C26H28N2O2/c1-19-11-9-16-25(20(19)2)29-18-10-17-28-24-15-8-7-14-23(24)27-26(28)21(3)30-22-12-5-4-6-13-22/h4-9,11-16,21H,10,17-18H2,1-3H3. The number of hydrogen-bond acceptors (Lipinski definition) is 3. The number of hydrogen-bond donors (Lipinski definition) is 0. The van der Waals surface area contributed by atoms with E-state index in [1.165, 1.54) is 11.1 Å². The monoisotopic (exact) mass is 400 g/mol. The summed E-state index contributed by atoms with van der Waals surface area (Å²) in [5.74, 6) is 2.75. The van der Waals surface area contributed by atoms with Gasteiger partial charge >= 0.3 is 0 Å². The lowest BCUT2D eigenvalue weighted by atomic mass is 10.1. The van der Waals surface area contributed by atoms with E-state index < -0.39 is 0 Å². The SMILES string of the molecule is Cc1cccc(OCCCn2c(C(C)Oc3ccccc3)nc3ccccc32)c1C. The molecule has 30 heavy (non-hydrogen) atoms. The first-order valence-electron chi connectivity index (χ1n) is 10.5. The maximum absolute atomic E-state index is 6.16. The van der Waals surface area contributed by atoms with Crippen molar-refractivity contribution in [2.75, 3.05) is 6.61 Å². The molecule has 154 valence electrons. The van der Waals surface area contributed by atoms with Gasteiger partial charge < -0.3 is 14.0 Å². The van der Waals surface area contributed by atoms with Crippen LogP contribution in [0.3, 0.4) is 0 Å². The number of aryl methyl sites for hydroxylation is 2. The van der Waals surface area contributed by atoms with Crippen LogP contribution in [-0.4, -0.2) is 16.2 Å². The van der Waals surface area contributed by atoms with Crippen molar-refractivity contribution >= 4 is 11.0 Å². The Morgan fingerprint density at radius 1 is 0.900 bits per heavy atom. The van der Waals surface area contributed by atoms with Crippen LogP contribution < -0.4 is 9.47 Å². The van der Waals surface area contributed by atoms with Gasteiger partial charge in [0.1, 0.15) is 11.5 Å². The number of aromatic nitrogens is 2. The number of benzene rings is 3. The third-order valence-corrected chi connectivity index (χ3v) is 5.44. The Hall–Kier alpha value is -3.27. The van der Waals surface area contributed by atoms with E-state index in [1.54, 1.807) is 0 Å². The fourth-order valence-corrected chi connectivity index (χ4v) is 3.68. The number of ether oxygens (including phenoxy) is 2. The summed E-state index contributed by atoms with van der Waals surface area (Å²) in [7, 11) is 0. The van der Waals surface area contributed by atoms with Gasteiger partial charge in [-0.2, -0.15) is 0 Å². The number of rotatable bonds is 8. The van der Waals surface area contributed by atoms with E-state index in [2.05, 4.69) is 49.6 Å². The summed E-state index contributed by atoms with van der Waals surface area (Å²) >= 11 is 0. The fourth-order valence-electron chi connectivity index (χ4n) is 3.68. The largest absolute Gasteiger partial charge is 0.493 e. The second-order valence-corrected chi connectivity index (χ2v) is 7.58. The van der Waals surface area contributed by atoms with E-state index in [-0.39, 0.29) is 6.10 Å². The molecule has 4 aromatic rings. The molecule has 0 saturated heterocycles. The molecule has 0 N–H and O–H groups in total. The molecular weight excluding hydrogens is 372 g/mol. The Morgan fingerprint density at radius 2 is 1.67 bits per heavy atom. The molecule has 1 heterocycles. The summed E-state index contributed by atoms with van der Waals surface area (Å²) in [6, 6.07) is 24.3. The van der Waals surface area contributed by atoms with Crippen LogP contribution in [0.25, 0.3) is 11.0 Å². The van der Waals surface area contributed by atoms with Crippen LogP contribution in [0, 0.1) is 13.8 Å². The Labute approximate surface area is 178 Å². The lowest BCUT2D eigenvalue weighted by molar-refractivity contribution is 0.210. The van der Waals surface area contributed by atoms with Gasteiger partial charge in [-0.1, -0.05) is 42.5 Å². The zero-order valence-corrected chi connectivity index (χ0v) is 17.8. The highest BCUT2D eigenvalue weighted by atomic mass is 16.5. The fraction of sp³-hybridized carbons (Fsp3) is 0.269. The maximum atomic E-state index is 6.16. The molecule has 0 aliphatic carbocycles. The molecule has 1 unspecified atom stereocenters. The average Bonchev–Trinajstić information content (AvgIpc) is 3.13. The Balaban J connectivity index is 1.49. The highest BCUT2D eigenvalue weighted by Crippen LogP contribution is 2.26. The van der Waals surface area contributed by atoms with Crippen LogP contribution in [-0.2, 0) is 6.54 Å². The lowest BCUT2D eigenvalue weighted by Crippen LogP contribution is -2.13. The van der Waals surface area contributed by atoms with E-state index in [1.807, 2.05) is 48.5 Å². The minimum absolute atomic E-state index is 0.153. The van der Waals surface area contributed by atoms with Gasteiger partial charge in [-0.05, 0) is 68.7 Å². The lowest BCUT2D eigenvalue weighted by Gasteiger charge is -2.17. The average molecular weight is 401 g/mol. The van der Waals surface area contributed by atoms with E-state index in [0.29, 0.717) is 6.61 Å². The summed E-state index contributed by atoms with van der Waals surface area (Å²) in [4.78, 5) is 4.87. The highest BCUT2D eigenvalue weighted by Gasteiger charge is 2.18. The topological polar surface area (TPSA) is 36.3 Å². The molecule has 0 spiro atoms. The number of imidazole rings is 1. The Kier molecular flexibility index (Phi) is 6.03. The van der Waals surface area contributed by atoms with E-state index in [4.69, 9.17) is 14.5 Å². The van der Waals surface area contributed by atoms with Gasteiger partial charge in [-0.25, -0.2) is 4.98 Å². The first-order valence-corrected chi connectivity index (χ1v) is 10.5. The molecule has 4 nitrogen and oxygen atoms in total. The quantitative estimate of drug-likeness (QED) is 0.327. The van der Waals surface area contributed by atoms with Crippen LogP contribution in [0.5, 0.6) is 11.5 Å². The molecule has 0 bridgehead atoms. The van der Waals surface area contributed by atoms with Gasteiger partial charge in [-0.3, -0.25) is 0 Å². The minimum atomic E-state index is -0.153. The maximum Gasteiger partial charge on any atom is 0.153 e. The second-order valence-electron chi connectivity index (χ2n) is 7.58. The van der Waals surface area contributed by atoms with Crippen LogP contribution in [0.1, 0.15) is 36.4 Å². The molecule has 1 aromatic heterocycles. The van der Waals surface area contributed by atoms with Crippen LogP contribution >= 0.6 is 0 Å². The summed E-state index contributed by atoms with van der Waals surface area (Å²) in [5, 5.41) is 0. The molecule has 0 saturated carbocycles. The molecule has 4 heteroatoms. The summed E-state index contributed by atoms with van der Waals surface area (Å²) < 4.78 is 14.5.